The van der Waals surface area contributed by atoms with Crippen molar-refractivity contribution in [3.05, 3.63) is 24.3 Å². The highest BCUT2D eigenvalue weighted by atomic mass is 32.2. The lowest BCUT2D eigenvalue weighted by molar-refractivity contribution is -0.153. The first kappa shape index (κ1) is 20.8. The molecular weight excluding hydrogens is 348 g/mol. The topological polar surface area (TPSA) is 110 Å². The standard InChI is InChI=1S/C16H22N2O6S/c1-11(19)8-9-15(20)24-12(2)16(21)17-13-6-5-7-14(10-13)25(22,23)18(3)4/h5-7,10,12H,8-9H2,1-4H3,(H,17,21)/t12-/m0/s1. The summed E-state index contributed by atoms with van der Waals surface area (Å²) >= 11 is 0. The Morgan fingerprint density at radius 2 is 1.84 bits per heavy atom. The predicted molar refractivity (Wildman–Crippen MR) is 91.4 cm³/mol. The Hall–Kier alpha value is -2.26. The van der Waals surface area contributed by atoms with E-state index in [9.17, 15) is 22.8 Å². The highest BCUT2D eigenvalue weighted by Crippen LogP contribution is 2.18. The molecular formula is C16H22N2O6S. The van der Waals surface area contributed by atoms with Crippen molar-refractivity contribution in [3.63, 3.8) is 0 Å². The molecule has 1 atom stereocenters. The van der Waals surface area contributed by atoms with E-state index >= 15 is 0 Å². The van der Waals surface area contributed by atoms with E-state index < -0.39 is 28.0 Å². The Kier molecular flexibility index (Phi) is 7.25. The number of amides is 1. The van der Waals surface area contributed by atoms with Crippen molar-refractivity contribution in [2.75, 3.05) is 19.4 Å². The molecule has 0 aliphatic heterocycles. The Morgan fingerprint density at radius 1 is 1.20 bits per heavy atom. The Bertz CT molecular complexity index is 758. The molecule has 0 spiro atoms. The summed E-state index contributed by atoms with van der Waals surface area (Å²) in [7, 11) is -0.813. The van der Waals surface area contributed by atoms with Gasteiger partial charge in [0, 0.05) is 26.2 Å². The van der Waals surface area contributed by atoms with Crippen LogP contribution in [0, 0.1) is 0 Å². The summed E-state index contributed by atoms with van der Waals surface area (Å²) in [6, 6.07) is 5.75. The van der Waals surface area contributed by atoms with Crippen molar-refractivity contribution < 1.29 is 27.5 Å². The Labute approximate surface area is 147 Å². The van der Waals surface area contributed by atoms with Gasteiger partial charge in [0.1, 0.15) is 5.78 Å². The number of esters is 1. The van der Waals surface area contributed by atoms with Gasteiger partial charge in [0.15, 0.2) is 6.10 Å². The van der Waals surface area contributed by atoms with Gasteiger partial charge in [0.05, 0.1) is 11.3 Å². The average Bonchev–Trinajstić information content (AvgIpc) is 2.52. The summed E-state index contributed by atoms with van der Waals surface area (Å²) in [4.78, 5) is 34.5. The quantitative estimate of drug-likeness (QED) is 0.688. The van der Waals surface area contributed by atoms with E-state index in [0.717, 1.165) is 4.31 Å². The molecule has 1 amide bonds. The summed E-state index contributed by atoms with van der Waals surface area (Å²) in [6.45, 7) is 2.75. The molecule has 0 aliphatic rings. The van der Waals surface area contributed by atoms with Crippen LogP contribution in [0.25, 0.3) is 0 Å². The van der Waals surface area contributed by atoms with Crippen LogP contribution in [0.2, 0.25) is 0 Å². The number of anilines is 1. The van der Waals surface area contributed by atoms with Gasteiger partial charge in [-0.15, -0.1) is 0 Å². The minimum Gasteiger partial charge on any atom is -0.453 e. The summed E-state index contributed by atoms with van der Waals surface area (Å²) < 4.78 is 30.2. The van der Waals surface area contributed by atoms with Crippen LogP contribution >= 0.6 is 0 Å². The van der Waals surface area contributed by atoms with Crippen molar-refractivity contribution in [1.29, 1.82) is 0 Å². The first-order valence-corrected chi connectivity index (χ1v) is 9.00. The van der Waals surface area contributed by atoms with Gasteiger partial charge in [0.2, 0.25) is 10.0 Å². The highest BCUT2D eigenvalue weighted by Gasteiger charge is 2.20. The normalized spacial score (nSPS) is 12.5. The Balaban J connectivity index is 2.74. The van der Waals surface area contributed by atoms with Gasteiger partial charge in [-0.3, -0.25) is 9.59 Å². The number of nitrogens with one attached hydrogen (secondary N) is 1. The van der Waals surface area contributed by atoms with Crippen LogP contribution in [0.5, 0.6) is 0 Å². The van der Waals surface area contributed by atoms with Crippen molar-refractivity contribution in [3.8, 4) is 0 Å². The molecule has 1 aromatic carbocycles. The summed E-state index contributed by atoms with van der Waals surface area (Å²) in [6.07, 6.45) is -1.12. The lowest BCUT2D eigenvalue weighted by Crippen LogP contribution is -2.30. The molecule has 9 heteroatoms. The fourth-order valence-electron chi connectivity index (χ4n) is 1.78. The van der Waals surface area contributed by atoms with Crippen LogP contribution in [0.15, 0.2) is 29.2 Å². The van der Waals surface area contributed by atoms with Crippen LogP contribution < -0.4 is 5.32 Å². The van der Waals surface area contributed by atoms with Crippen molar-refractivity contribution in [2.45, 2.75) is 37.7 Å². The van der Waals surface area contributed by atoms with Gasteiger partial charge in [-0.2, -0.15) is 0 Å². The van der Waals surface area contributed by atoms with E-state index in [1.165, 1.54) is 52.2 Å². The third-order valence-electron chi connectivity index (χ3n) is 3.24. The molecule has 0 aromatic heterocycles. The van der Waals surface area contributed by atoms with Gasteiger partial charge in [0.25, 0.3) is 5.91 Å². The minimum absolute atomic E-state index is 0.0291. The number of hydrogen-bond acceptors (Lipinski definition) is 6. The second-order valence-corrected chi connectivity index (χ2v) is 7.79. The second kappa shape index (κ2) is 8.72. The number of benzene rings is 1. The molecule has 0 fully saturated rings. The van der Waals surface area contributed by atoms with E-state index in [0.29, 0.717) is 0 Å². The zero-order valence-electron chi connectivity index (χ0n) is 14.6. The smallest absolute Gasteiger partial charge is 0.307 e. The monoisotopic (exact) mass is 370 g/mol. The molecule has 0 unspecified atom stereocenters. The molecule has 8 nitrogen and oxygen atoms in total. The molecule has 0 saturated carbocycles. The minimum atomic E-state index is -3.63. The van der Waals surface area contributed by atoms with Crippen LogP contribution in [0.3, 0.4) is 0 Å². The Morgan fingerprint density at radius 3 is 2.40 bits per heavy atom. The zero-order valence-corrected chi connectivity index (χ0v) is 15.4. The van der Waals surface area contributed by atoms with Gasteiger partial charge < -0.3 is 14.8 Å². The maximum atomic E-state index is 12.1. The van der Waals surface area contributed by atoms with Crippen molar-refractivity contribution in [1.82, 2.24) is 4.31 Å². The highest BCUT2D eigenvalue weighted by molar-refractivity contribution is 7.89. The molecule has 1 rings (SSSR count). The third kappa shape index (κ3) is 6.28. The molecule has 0 heterocycles. The van der Waals surface area contributed by atoms with Gasteiger partial charge >= 0.3 is 5.97 Å². The molecule has 0 radical (unpaired) electrons. The van der Waals surface area contributed by atoms with E-state index in [1.807, 2.05) is 0 Å². The summed E-state index contributed by atoms with van der Waals surface area (Å²) in [5, 5.41) is 2.50. The molecule has 0 saturated heterocycles. The summed E-state index contributed by atoms with van der Waals surface area (Å²) in [5.74, 6) is -1.40. The number of hydrogen-bond donors (Lipinski definition) is 1. The van der Waals surface area contributed by atoms with E-state index in [-0.39, 0.29) is 29.2 Å². The van der Waals surface area contributed by atoms with Crippen LogP contribution in [-0.2, 0) is 29.1 Å². The van der Waals surface area contributed by atoms with E-state index in [1.54, 1.807) is 0 Å². The fraction of sp³-hybridized carbons (Fsp3) is 0.438. The first-order valence-electron chi connectivity index (χ1n) is 7.56. The molecule has 1 aromatic rings. The maximum Gasteiger partial charge on any atom is 0.307 e. The third-order valence-corrected chi connectivity index (χ3v) is 5.05. The van der Waals surface area contributed by atoms with Crippen LogP contribution in [0.4, 0.5) is 5.69 Å². The number of carbonyl (C=O) groups excluding carboxylic acids is 3. The van der Waals surface area contributed by atoms with Gasteiger partial charge in [-0.05, 0) is 32.0 Å². The first-order chi connectivity index (χ1) is 11.5. The van der Waals surface area contributed by atoms with E-state index in [4.69, 9.17) is 4.74 Å². The van der Waals surface area contributed by atoms with Gasteiger partial charge in [-0.1, -0.05) is 6.07 Å². The number of carbonyl (C=O) groups is 3. The number of ether oxygens (including phenoxy) is 1. The number of ketones is 1. The molecule has 1 N–H and O–H groups in total. The number of nitrogens with zero attached hydrogens (tertiary/aromatic N) is 1. The number of Topliss-reactive ketones (excluding diaryl/α,β-unsaturated/α-hetero) is 1. The number of sulfonamides is 1. The van der Waals surface area contributed by atoms with Crippen LogP contribution in [0.1, 0.15) is 26.7 Å². The molecule has 0 bridgehead atoms. The largest absolute Gasteiger partial charge is 0.453 e. The fourth-order valence-corrected chi connectivity index (χ4v) is 2.72. The summed E-state index contributed by atoms with van der Waals surface area (Å²) in [5.41, 5.74) is 0.263. The number of rotatable bonds is 8. The predicted octanol–water partition coefficient (Wildman–Crippen LogP) is 1.18. The molecule has 25 heavy (non-hydrogen) atoms. The maximum absolute atomic E-state index is 12.1. The van der Waals surface area contributed by atoms with Crippen LogP contribution in [-0.4, -0.2) is 50.6 Å². The lowest BCUT2D eigenvalue weighted by atomic mass is 10.2. The van der Waals surface area contributed by atoms with Crippen molar-refractivity contribution >= 4 is 33.4 Å². The average molecular weight is 370 g/mol. The zero-order chi connectivity index (χ0) is 19.2. The van der Waals surface area contributed by atoms with Crippen molar-refractivity contribution in [2.24, 2.45) is 0 Å². The van der Waals surface area contributed by atoms with E-state index in [2.05, 4.69) is 5.32 Å². The molecule has 138 valence electrons. The lowest BCUT2D eigenvalue weighted by Gasteiger charge is -2.15. The van der Waals surface area contributed by atoms with Gasteiger partial charge in [-0.25, -0.2) is 12.7 Å². The second-order valence-electron chi connectivity index (χ2n) is 5.64. The SMILES string of the molecule is CC(=O)CCC(=O)O[C@@H](C)C(=O)Nc1cccc(S(=O)(=O)N(C)C)c1. The molecule has 0 aliphatic carbocycles.